The van der Waals surface area contributed by atoms with Crippen LogP contribution in [0.5, 0.6) is 0 Å². The Morgan fingerprint density at radius 1 is 1.39 bits per heavy atom. The van der Waals surface area contributed by atoms with Crippen molar-refractivity contribution in [3.63, 3.8) is 0 Å². The number of carbonyl (C=O) groups excluding carboxylic acids is 1. The number of hydrogen-bond donors (Lipinski definition) is 0. The summed E-state index contributed by atoms with van der Waals surface area (Å²) in [6.45, 7) is 0.0139. The van der Waals surface area contributed by atoms with E-state index in [1.54, 1.807) is 0 Å². The van der Waals surface area contributed by atoms with Gasteiger partial charge in [-0.3, -0.25) is 0 Å². The zero-order valence-corrected chi connectivity index (χ0v) is 11.7. The van der Waals surface area contributed by atoms with Gasteiger partial charge in [-0.2, -0.15) is 13.2 Å². The Bertz CT molecular complexity index is 869. The zero-order chi connectivity index (χ0) is 16.6. The van der Waals surface area contributed by atoms with Crippen LogP contribution in [0, 0.1) is 0 Å². The molecule has 2 heterocycles. The number of ether oxygens (including phenoxy) is 1. The maximum Gasteiger partial charge on any atom is 0.416 e. The maximum atomic E-state index is 12.7. The van der Waals surface area contributed by atoms with Crippen LogP contribution in [-0.4, -0.2) is 32.8 Å². The fourth-order valence-electron chi connectivity index (χ4n) is 1.91. The number of halogens is 3. The molecular formula is C13H9F3N4O3. The first kappa shape index (κ1) is 15.0. The minimum atomic E-state index is -4.45. The standard InChI is InChI=1S/C13H9F3N4O3/c1-22-12(21)11-17-6-20(19-11)5-10-18-8-4-7(13(14,15)16)2-3-9(8)23-10/h2-4,6H,5H2,1H3. The van der Waals surface area contributed by atoms with Crippen molar-refractivity contribution in [3.05, 3.63) is 41.8 Å². The first-order chi connectivity index (χ1) is 10.9. The summed E-state index contributed by atoms with van der Waals surface area (Å²) in [5.41, 5.74) is -0.497. The highest BCUT2D eigenvalue weighted by atomic mass is 19.4. The molecule has 0 unspecified atom stereocenters. The van der Waals surface area contributed by atoms with Crippen LogP contribution in [0.1, 0.15) is 22.1 Å². The largest absolute Gasteiger partial charge is 0.463 e. The van der Waals surface area contributed by atoms with Crippen molar-refractivity contribution in [2.75, 3.05) is 7.11 Å². The molecule has 0 amide bonds. The van der Waals surface area contributed by atoms with E-state index in [-0.39, 0.29) is 29.4 Å². The molecule has 23 heavy (non-hydrogen) atoms. The quantitative estimate of drug-likeness (QED) is 0.687. The number of oxazole rings is 1. The van der Waals surface area contributed by atoms with E-state index in [1.165, 1.54) is 24.2 Å². The summed E-state index contributed by atoms with van der Waals surface area (Å²) in [5.74, 6) is -0.695. The molecule has 0 spiro atoms. The van der Waals surface area contributed by atoms with E-state index in [9.17, 15) is 18.0 Å². The van der Waals surface area contributed by atoms with Crippen LogP contribution >= 0.6 is 0 Å². The van der Waals surface area contributed by atoms with Crippen molar-refractivity contribution in [2.45, 2.75) is 12.7 Å². The second-order valence-electron chi connectivity index (χ2n) is 4.55. The monoisotopic (exact) mass is 326 g/mol. The van der Waals surface area contributed by atoms with Crippen LogP contribution in [-0.2, 0) is 17.5 Å². The van der Waals surface area contributed by atoms with E-state index in [1.807, 2.05) is 0 Å². The summed E-state index contributed by atoms with van der Waals surface area (Å²) in [6, 6.07) is 3.03. The summed E-state index contributed by atoms with van der Waals surface area (Å²) in [4.78, 5) is 19.0. The van der Waals surface area contributed by atoms with Gasteiger partial charge in [0.15, 0.2) is 5.58 Å². The number of carbonyl (C=O) groups is 1. The third-order valence-electron chi connectivity index (χ3n) is 2.96. The minimum absolute atomic E-state index is 0.0139. The van der Waals surface area contributed by atoms with Crippen LogP contribution in [0.4, 0.5) is 13.2 Å². The normalized spacial score (nSPS) is 11.8. The number of nitrogens with zero attached hydrogens (tertiary/aromatic N) is 4. The molecule has 0 atom stereocenters. The van der Waals surface area contributed by atoms with Crippen molar-refractivity contribution < 1.29 is 27.1 Å². The molecule has 0 saturated carbocycles. The number of alkyl halides is 3. The molecule has 7 nitrogen and oxygen atoms in total. The van der Waals surface area contributed by atoms with Gasteiger partial charge in [0.05, 0.1) is 12.7 Å². The van der Waals surface area contributed by atoms with E-state index in [4.69, 9.17) is 4.42 Å². The molecule has 1 aromatic carbocycles. The van der Waals surface area contributed by atoms with Crippen LogP contribution in [0.25, 0.3) is 11.1 Å². The molecule has 2 aromatic heterocycles. The summed E-state index contributed by atoms with van der Waals surface area (Å²) in [5, 5.41) is 3.85. The minimum Gasteiger partial charge on any atom is -0.463 e. The highest BCUT2D eigenvalue weighted by Crippen LogP contribution is 2.31. The van der Waals surface area contributed by atoms with Crippen LogP contribution in [0.3, 0.4) is 0 Å². The molecule has 0 saturated heterocycles. The summed E-state index contributed by atoms with van der Waals surface area (Å²) >= 11 is 0. The van der Waals surface area contributed by atoms with E-state index < -0.39 is 17.7 Å². The van der Waals surface area contributed by atoms with Gasteiger partial charge in [-0.25, -0.2) is 19.4 Å². The van der Waals surface area contributed by atoms with Gasteiger partial charge in [-0.05, 0) is 18.2 Å². The SMILES string of the molecule is COC(=O)c1ncn(Cc2nc3cc(C(F)(F)F)ccc3o2)n1. The fourth-order valence-corrected chi connectivity index (χ4v) is 1.91. The van der Waals surface area contributed by atoms with Crippen LogP contribution in [0.2, 0.25) is 0 Å². The van der Waals surface area contributed by atoms with Gasteiger partial charge in [0.25, 0.3) is 5.82 Å². The lowest BCUT2D eigenvalue weighted by atomic mass is 10.2. The molecule has 3 aromatic rings. The van der Waals surface area contributed by atoms with Gasteiger partial charge in [0, 0.05) is 0 Å². The van der Waals surface area contributed by atoms with Gasteiger partial charge >= 0.3 is 12.1 Å². The summed E-state index contributed by atoms with van der Waals surface area (Å²) in [7, 11) is 1.20. The van der Waals surface area contributed by atoms with Crippen molar-refractivity contribution >= 4 is 17.1 Å². The predicted molar refractivity (Wildman–Crippen MR) is 69.5 cm³/mol. The molecule has 120 valence electrons. The average molecular weight is 326 g/mol. The Kier molecular flexibility index (Phi) is 3.51. The second-order valence-corrected chi connectivity index (χ2v) is 4.55. The Balaban J connectivity index is 1.86. The third kappa shape index (κ3) is 3.00. The third-order valence-corrected chi connectivity index (χ3v) is 2.96. The van der Waals surface area contributed by atoms with E-state index in [2.05, 4.69) is 19.8 Å². The van der Waals surface area contributed by atoms with Gasteiger partial charge in [-0.15, -0.1) is 5.10 Å². The van der Waals surface area contributed by atoms with Gasteiger partial charge in [-0.1, -0.05) is 0 Å². The highest BCUT2D eigenvalue weighted by molar-refractivity contribution is 5.84. The number of benzene rings is 1. The first-order valence-electron chi connectivity index (χ1n) is 6.31. The van der Waals surface area contributed by atoms with Gasteiger partial charge in [0.2, 0.25) is 5.89 Å². The van der Waals surface area contributed by atoms with Gasteiger partial charge < -0.3 is 9.15 Å². The Labute approximate surface area is 126 Å². The van der Waals surface area contributed by atoms with Crippen molar-refractivity contribution in [2.24, 2.45) is 0 Å². The number of hydrogen-bond acceptors (Lipinski definition) is 6. The predicted octanol–water partition coefficient (Wildman–Crippen LogP) is 2.27. The molecule has 3 rings (SSSR count). The molecule has 0 N–H and O–H groups in total. The molecule has 0 aliphatic rings. The Hall–Kier alpha value is -2.91. The Morgan fingerprint density at radius 2 is 2.17 bits per heavy atom. The maximum absolute atomic E-state index is 12.7. The molecule has 0 radical (unpaired) electrons. The molecule has 0 fully saturated rings. The van der Waals surface area contributed by atoms with Crippen molar-refractivity contribution in [1.29, 1.82) is 0 Å². The Morgan fingerprint density at radius 3 is 2.87 bits per heavy atom. The summed E-state index contributed by atoms with van der Waals surface area (Å²) < 4.78 is 49.1. The lowest BCUT2D eigenvalue weighted by Crippen LogP contribution is -2.06. The molecule has 0 bridgehead atoms. The van der Waals surface area contributed by atoms with E-state index in [0.717, 1.165) is 12.1 Å². The lowest BCUT2D eigenvalue weighted by Gasteiger charge is -2.04. The lowest BCUT2D eigenvalue weighted by molar-refractivity contribution is -0.137. The van der Waals surface area contributed by atoms with Gasteiger partial charge in [0.1, 0.15) is 18.4 Å². The number of fused-ring (bicyclic) bond motifs is 1. The second kappa shape index (κ2) is 5.38. The molecule has 0 aliphatic carbocycles. The average Bonchev–Trinajstić information content (AvgIpc) is 3.11. The fraction of sp³-hybridized carbons (Fsp3) is 0.231. The molecule has 10 heteroatoms. The smallest absolute Gasteiger partial charge is 0.416 e. The number of methoxy groups -OCH3 is 1. The number of aromatic nitrogens is 4. The topological polar surface area (TPSA) is 83.0 Å². The van der Waals surface area contributed by atoms with E-state index in [0.29, 0.717) is 0 Å². The molecule has 0 aliphatic heterocycles. The molecular weight excluding hydrogens is 317 g/mol. The van der Waals surface area contributed by atoms with Crippen LogP contribution < -0.4 is 0 Å². The highest BCUT2D eigenvalue weighted by Gasteiger charge is 2.31. The van der Waals surface area contributed by atoms with E-state index >= 15 is 0 Å². The first-order valence-corrected chi connectivity index (χ1v) is 6.31. The number of rotatable bonds is 3. The van der Waals surface area contributed by atoms with Crippen molar-refractivity contribution in [1.82, 2.24) is 19.7 Å². The van der Waals surface area contributed by atoms with Crippen molar-refractivity contribution in [3.8, 4) is 0 Å². The number of esters is 1. The summed E-state index contributed by atoms with van der Waals surface area (Å²) in [6.07, 6.45) is -3.18. The zero-order valence-electron chi connectivity index (χ0n) is 11.7. The van der Waals surface area contributed by atoms with Crippen LogP contribution in [0.15, 0.2) is 28.9 Å².